The largest absolute Gasteiger partial charge is 0.378 e. The van der Waals surface area contributed by atoms with Gasteiger partial charge in [-0.2, -0.15) is 0 Å². The van der Waals surface area contributed by atoms with E-state index in [1.165, 1.54) is 0 Å². The van der Waals surface area contributed by atoms with Gasteiger partial charge in [-0.3, -0.25) is 4.79 Å². The first-order chi connectivity index (χ1) is 12.1. The number of nitrogens with one attached hydrogen (secondary N) is 1. The van der Waals surface area contributed by atoms with Gasteiger partial charge in [0.2, 0.25) is 0 Å². The van der Waals surface area contributed by atoms with E-state index in [0.717, 1.165) is 29.2 Å². The van der Waals surface area contributed by atoms with E-state index >= 15 is 0 Å². The van der Waals surface area contributed by atoms with Crippen LogP contribution in [0.5, 0.6) is 0 Å². The first-order valence-electron chi connectivity index (χ1n) is 8.46. The van der Waals surface area contributed by atoms with Gasteiger partial charge in [-0.1, -0.05) is 0 Å². The molecule has 0 aliphatic heterocycles. The van der Waals surface area contributed by atoms with E-state index < -0.39 is 0 Å². The van der Waals surface area contributed by atoms with E-state index in [9.17, 15) is 4.79 Å². The summed E-state index contributed by atoms with van der Waals surface area (Å²) in [6.45, 7) is 3.42. The Kier molecular flexibility index (Phi) is 4.97. The SMILES string of the molecule is CCn1c(CCNC(=O)c2ccc(N(C)C)cc2)nc2cccnc21. The zero-order valence-corrected chi connectivity index (χ0v) is 14.9. The number of benzene rings is 1. The van der Waals surface area contributed by atoms with E-state index in [0.29, 0.717) is 18.5 Å². The first-order valence-corrected chi connectivity index (χ1v) is 8.46. The van der Waals surface area contributed by atoms with Gasteiger partial charge in [-0.05, 0) is 43.3 Å². The lowest BCUT2D eigenvalue weighted by Gasteiger charge is -2.12. The molecule has 2 heterocycles. The minimum Gasteiger partial charge on any atom is -0.378 e. The molecule has 6 heteroatoms. The number of aryl methyl sites for hydroxylation is 1. The van der Waals surface area contributed by atoms with E-state index in [4.69, 9.17) is 0 Å². The van der Waals surface area contributed by atoms with Crippen LogP contribution in [0.1, 0.15) is 23.1 Å². The van der Waals surface area contributed by atoms with Crippen molar-refractivity contribution in [2.75, 3.05) is 25.5 Å². The quantitative estimate of drug-likeness (QED) is 0.751. The van der Waals surface area contributed by atoms with Crippen molar-refractivity contribution < 1.29 is 4.79 Å². The van der Waals surface area contributed by atoms with Gasteiger partial charge in [0.05, 0.1) is 0 Å². The number of hydrogen-bond donors (Lipinski definition) is 1. The number of amides is 1. The summed E-state index contributed by atoms with van der Waals surface area (Å²) in [5.74, 6) is 0.877. The van der Waals surface area contributed by atoms with Gasteiger partial charge in [0.1, 0.15) is 11.3 Å². The van der Waals surface area contributed by atoms with Crippen molar-refractivity contribution in [3.63, 3.8) is 0 Å². The lowest BCUT2D eigenvalue weighted by atomic mass is 10.2. The van der Waals surface area contributed by atoms with Crippen LogP contribution in [0.15, 0.2) is 42.6 Å². The predicted octanol–water partition coefficient (Wildman–Crippen LogP) is 2.49. The molecule has 0 fully saturated rings. The molecule has 0 unspecified atom stereocenters. The lowest BCUT2D eigenvalue weighted by molar-refractivity contribution is 0.0954. The Labute approximate surface area is 147 Å². The second-order valence-electron chi connectivity index (χ2n) is 6.07. The number of imidazole rings is 1. The van der Waals surface area contributed by atoms with Gasteiger partial charge in [-0.25, -0.2) is 9.97 Å². The highest BCUT2D eigenvalue weighted by Crippen LogP contribution is 2.14. The van der Waals surface area contributed by atoms with Crippen molar-refractivity contribution in [1.29, 1.82) is 0 Å². The Bertz CT molecular complexity index is 867. The van der Waals surface area contributed by atoms with Crippen molar-refractivity contribution in [3.05, 3.63) is 54.0 Å². The van der Waals surface area contributed by atoms with Gasteiger partial charge >= 0.3 is 0 Å². The van der Waals surface area contributed by atoms with Crippen LogP contribution in [-0.2, 0) is 13.0 Å². The fourth-order valence-corrected chi connectivity index (χ4v) is 2.83. The van der Waals surface area contributed by atoms with Gasteiger partial charge < -0.3 is 14.8 Å². The molecule has 6 nitrogen and oxygen atoms in total. The smallest absolute Gasteiger partial charge is 0.251 e. The van der Waals surface area contributed by atoms with E-state index in [-0.39, 0.29) is 5.91 Å². The predicted molar refractivity (Wildman–Crippen MR) is 100 cm³/mol. The summed E-state index contributed by atoms with van der Waals surface area (Å²) in [4.78, 5) is 23.3. The summed E-state index contributed by atoms with van der Waals surface area (Å²) in [6, 6.07) is 11.4. The van der Waals surface area contributed by atoms with Crippen LogP contribution in [-0.4, -0.2) is 41.1 Å². The molecule has 0 saturated carbocycles. The molecule has 130 valence electrons. The van der Waals surface area contributed by atoms with Crippen LogP contribution in [0, 0.1) is 0 Å². The third-order valence-electron chi connectivity index (χ3n) is 4.18. The highest BCUT2D eigenvalue weighted by atomic mass is 16.1. The number of nitrogens with zero attached hydrogens (tertiary/aromatic N) is 4. The molecule has 3 aromatic rings. The second-order valence-corrected chi connectivity index (χ2v) is 6.07. The molecule has 1 aromatic carbocycles. The molecule has 0 bridgehead atoms. The summed E-state index contributed by atoms with van der Waals surface area (Å²) in [6.07, 6.45) is 2.45. The van der Waals surface area contributed by atoms with Crippen LogP contribution in [0.4, 0.5) is 5.69 Å². The van der Waals surface area contributed by atoms with Crippen molar-refractivity contribution in [3.8, 4) is 0 Å². The zero-order chi connectivity index (χ0) is 17.8. The number of carbonyl (C=O) groups excluding carboxylic acids is 1. The maximum atomic E-state index is 12.3. The number of hydrogen-bond acceptors (Lipinski definition) is 4. The van der Waals surface area contributed by atoms with Gasteiger partial charge in [-0.15, -0.1) is 0 Å². The van der Waals surface area contributed by atoms with Crippen LogP contribution in [0.3, 0.4) is 0 Å². The molecule has 25 heavy (non-hydrogen) atoms. The summed E-state index contributed by atoms with van der Waals surface area (Å²) >= 11 is 0. The maximum Gasteiger partial charge on any atom is 0.251 e. The average molecular weight is 337 g/mol. The van der Waals surface area contributed by atoms with E-state index in [1.807, 2.05) is 55.4 Å². The third-order valence-corrected chi connectivity index (χ3v) is 4.18. The Morgan fingerprint density at radius 3 is 2.64 bits per heavy atom. The molecule has 0 atom stereocenters. The van der Waals surface area contributed by atoms with Crippen molar-refractivity contribution >= 4 is 22.8 Å². The van der Waals surface area contributed by atoms with Crippen LogP contribution < -0.4 is 10.2 Å². The van der Waals surface area contributed by atoms with Crippen LogP contribution in [0.2, 0.25) is 0 Å². The Morgan fingerprint density at radius 2 is 1.96 bits per heavy atom. The van der Waals surface area contributed by atoms with Crippen LogP contribution >= 0.6 is 0 Å². The van der Waals surface area contributed by atoms with Crippen molar-refractivity contribution in [1.82, 2.24) is 19.9 Å². The minimum absolute atomic E-state index is 0.0670. The number of carbonyl (C=O) groups is 1. The molecular formula is C19H23N5O. The first kappa shape index (κ1) is 17.0. The standard InChI is InChI=1S/C19H23N5O/c1-4-24-17(22-16-6-5-12-20-18(16)24)11-13-21-19(25)14-7-9-15(10-8-14)23(2)3/h5-10,12H,4,11,13H2,1-3H3,(H,21,25). The molecule has 0 spiro atoms. The lowest BCUT2D eigenvalue weighted by Crippen LogP contribution is -2.26. The highest BCUT2D eigenvalue weighted by molar-refractivity contribution is 5.94. The summed E-state index contributed by atoms with van der Waals surface area (Å²) in [7, 11) is 3.95. The van der Waals surface area contributed by atoms with E-state index in [1.54, 1.807) is 6.20 Å². The Hall–Kier alpha value is -2.89. The molecule has 0 aliphatic rings. The Morgan fingerprint density at radius 1 is 1.20 bits per heavy atom. The number of pyridine rings is 1. The fourth-order valence-electron chi connectivity index (χ4n) is 2.83. The third kappa shape index (κ3) is 3.63. The molecule has 0 saturated heterocycles. The van der Waals surface area contributed by atoms with Gasteiger partial charge in [0, 0.05) is 51.1 Å². The number of anilines is 1. The molecule has 0 aliphatic carbocycles. The molecule has 1 amide bonds. The maximum absolute atomic E-state index is 12.3. The van der Waals surface area contributed by atoms with Crippen molar-refractivity contribution in [2.24, 2.45) is 0 Å². The molecule has 0 radical (unpaired) electrons. The molecule has 3 rings (SSSR count). The number of fused-ring (bicyclic) bond motifs is 1. The molecule has 1 N–H and O–H groups in total. The average Bonchev–Trinajstić information content (AvgIpc) is 2.99. The summed E-state index contributed by atoms with van der Waals surface area (Å²) in [5.41, 5.74) is 3.52. The Balaban J connectivity index is 1.63. The van der Waals surface area contributed by atoms with Crippen molar-refractivity contribution in [2.45, 2.75) is 19.9 Å². The zero-order valence-electron chi connectivity index (χ0n) is 14.9. The van der Waals surface area contributed by atoms with E-state index in [2.05, 4.69) is 26.8 Å². The van der Waals surface area contributed by atoms with Gasteiger partial charge in [0.25, 0.3) is 5.91 Å². The second kappa shape index (κ2) is 7.34. The highest BCUT2D eigenvalue weighted by Gasteiger charge is 2.11. The summed E-state index contributed by atoms with van der Waals surface area (Å²) in [5, 5.41) is 2.97. The molecule has 2 aromatic heterocycles. The van der Waals surface area contributed by atoms with Crippen LogP contribution in [0.25, 0.3) is 11.2 Å². The summed E-state index contributed by atoms with van der Waals surface area (Å²) < 4.78 is 2.09. The number of rotatable bonds is 6. The molecular weight excluding hydrogens is 314 g/mol. The normalized spacial score (nSPS) is 10.8. The van der Waals surface area contributed by atoms with Gasteiger partial charge in [0.15, 0.2) is 5.65 Å². The fraction of sp³-hybridized carbons (Fsp3) is 0.316. The number of aromatic nitrogens is 3. The topological polar surface area (TPSA) is 63.1 Å². The monoisotopic (exact) mass is 337 g/mol. The minimum atomic E-state index is -0.0670.